The zero-order valence-electron chi connectivity index (χ0n) is 11.5. The van der Waals surface area contributed by atoms with Crippen LogP contribution in [0.2, 0.25) is 0 Å². The third-order valence-corrected chi connectivity index (χ3v) is 4.26. The van der Waals surface area contributed by atoms with Crippen LogP contribution in [0.5, 0.6) is 0 Å². The molecule has 106 valence electrons. The van der Waals surface area contributed by atoms with Gasteiger partial charge in [-0.2, -0.15) is 18.9 Å². The highest BCUT2D eigenvalue weighted by atomic mass is 32.2. The maximum Gasteiger partial charge on any atom is 0.264 e. The summed E-state index contributed by atoms with van der Waals surface area (Å²) in [6.45, 7) is 1.90. The summed E-state index contributed by atoms with van der Waals surface area (Å²) in [6, 6.07) is 9.77. The second kappa shape index (κ2) is 7.03. The third-order valence-electron chi connectivity index (χ3n) is 2.49. The van der Waals surface area contributed by atoms with Crippen LogP contribution >= 0.6 is 10.5 Å². The van der Waals surface area contributed by atoms with Crippen LogP contribution in [0.25, 0.3) is 6.08 Å². The Morgan fingerprint density at radius 1 is 1.42 bits per heavy atom. The molecule has 5 heteroatoms. The summed E-state index contributed by atoms with van der Waals surface area (Å²) in [5.74, 6) is 4.02. The molecule has 1 rings (SSSR count). The summed E-state index contributed by atoms with van der Waals surface area (Å²) in [5.41, 5.74) is 1.02. The van der Waals surface area contributed by atoms with Gasteiger partial charge in [0, 0.05) is 4.91 Å². The molecule has 0 aliphatic rings. The lowest BCUT2D eigenvalue weighted by molar-refractivity contribution is 0.251. The molecule has 0 radical (unpaired) electrons. The van der Waals surface area contributed by atoms with E-state index in [1.54, 1.807) is 0 Å². The fraction of sp³-hybridized carbons (Fsp3) is 0.357. The smallest absolute Gasteiger partial charge is 0.262 e. The van der Waals surface area contributed by atoms with E-state index in [9.17, 15) is 8.42 Å². The van der Waals surface area contributed by atoms with Crippen LogP contribution in [0.4, 0.5) is 0 Å². The molecule has 0 bridgehead atoms. The summed E-state index contributed by atoms with van der Waals surface area (Å²) in [4.78, 5) is 0.916. The van der Waals surface area contributed by atoms with E-state index in [2.05, 4.69) is 5.87 Å². The highest BCUT2D eigenvalue weighted by Gasteiger charge is 2.18. The molecule has 0 saturated heterocycles. The quantitative estimate of drug-likeness (QED) is 0.599. The van der Waals surface area contributed by atoms with Gasteiger partial charge >= 0.3 is 0 Å². The molecule has 0 N–H and O–H groups in total. The summed E-state index contributed by atoms with van der Waals surface area (Å²) >= 11 is 0. The molecule has 19 heavy (non-hydrogen) atoms. The SMILES string of the molecule is C=S(C)/C(=C/c1ccccc1)[C@H](CC)OS(C)(=O)=O. The Morgan fingerprint density at radius 3 is 2.42 bits per heavy atom. The molecule has 0 saturated carbocycles. The van der Waals surface area contributed by atoms with Crippen molar-refractivity contribution in [2.24, 2.45) is 0 Å². The average molecular weight is 300 g/mol. The molecule has 1 aromatic carbocycles. The summed E-state index contributed by atoms with van der Waals surface area (Å²) < 4.78 is 27.8. The minimum Gasteiger partial charge on any atom is -0.262 e. The van der Waals surface area contributed by atoms with Gasteiger partial charge in [0.25, 0.3) is 10.1 Å². The molecule has 0 aliphatic carbocycles. The van der Waals surface area contributed by atoms with Crippen LogP contribution in [-0.2, 0) is 14.3 Å². The lowest BCUT2D eigenvalue weighted by Gasteiger charge is -2.19. The zero-order chi connectivity index (χ0) is 14.5. The van der Waals surface area contributed by atoms with Crippen molar-refractivity contribution in [1.82, 2.24) is 0 Å². The first kappa shape index (κ1) is 16.1. The van der Waals surface area contributed by atoms with Crippen molar-refractivity contribution in [2.75, 3.05) is 12.5 Å². The van der Waals surface area contributed by atoms with E-state index in [0.29, 0.717) is 6.42 Å². The second-order valence-electron chi connectivity index (χ2n) is 4.29. The normalized spacial score (nSPS) is 16.1. The third kappa shape index (κ3) is 5.72. The van der Waals surface area contributed by atoms with Crippen molar-refractivity contribution in [1.29, 1.82) is 0 Å². The Hall–Kier alpha value is -0.910. The lowest BCUT2D eigenvalue weighted by Crippen LogP contribution is -2.18. The number of hydrogen-bond donors (Lipinski definition) is 0. The molecular formula is C14H20O3S2. The Kier molecular flexibility index (Phi) is 5.97. The first-order valence-corrected chi connectivity index (χ1v) is 9.56. The Labute approximate surface area is 118 Å². The summed E-state index contributed by atoms with van der Waals surface area (Å²) in [6.07, 6.45) is 5.16. The Balaban J connectivity index is 3.12. The largest absolute Gasteiger partial charge is 0.264 e. The van der Waals surface area contributed by atoms with E-state index in [-0.39, 0.29) is 10.5 Å². The molecule has 1 aromatic rings. The van der Waals surface area contributed by atoms with Crippen molar-refractivity contribution in [3.05, 3.63) is 40.8 Å². The van der Waals surface area contributed by atoms with Crippen LogP contribution in [0, 0.1) is 0 Å². The fourth-order valence-corrected chi connectivity index (χ4v) is 3.38. The van der Waals surface area contributed by atoms with Crippen LogP contribution in [0.15, 0.2) is 35.2 Å². The van der Waals surface area contributed by atoms with Crippen molar-refractivity contribution in [2.45, 2.75) is 19.4 Å². The highest BCUT2D eigenvalue weighted by molar-refractivity contribution is 8.17. The van der Waals surface area contributed by atoms with Crippen molar-refractivity contribution in [3.63, 3.8) is 0 Å². The number of hydrogen-bond acceptors (Lipinski definition) is 3. The predicted octanol–water partition coefficient (Wildman–Crippen LogP) is 3.11. The van der Waals surface area contributed by atoms with E-state index in [0.717, 1.165) is 16.7 Å². The molecule has 0 aromatic heterocycles. The van der Waals surface area contributed by atoms with Gasteiger partial charge in [-0.3, -0.25) is 4.18 Å². The highest BCUT2D eigenvalue weighted by Crippen LogP contribution is 2.29. The van der Waals surface area contributed by atoms with Gasteiger partial charge in [-0.15, -0.1) is 0 Å². The van der Waals surface area contributed by atoms with Crippen molar-refractivity contribution in [3.8, 4) is 0 Å². The van der Waals surface area contributed by atoms with E-state index < -0.39 is 16.2 Å². The average Bonchev–Trinajstić information content (AvgIpc) is 2.33. The van der Waals surface area contributed by atoms with E-state index in [4.69, 9.17) is 4.18 Å². The van der Waals surface area contributed by atoms with Gasteiger partial charge in [0.2, 0.25) is 0 Å². The Bertz CT molecular complexity index is 560. The van der Waals surface area contributed by atoms with Crippen LogP contribution in [0.1, 0.15) is 18.9 Å². The van der Waals surface area contributed by atoms with Gasteiger partial charge in [-0.1, -0.05) is 43.1 Å². The van der Waals surface area contributed by atoms with E-state index >= 15 is 0 Å². The zero-order valence-corrected chi connectivity index (χ0v) is 13.1. The molecule has 0 fully saturated rings. The molecule has 3 nitrogen and oxygen atoms in total. The number of rotatable bonds is 6. The van der Waals surface area contributed by atoms with Gasteiger partial charge in [0.05, 0.1) is 6.26 Å². The summed E-state index contributed by atoms with van der Waals surface area (Å²) in [5, 5.41) is 0. The van der Waals surface area contributed by atoms with Crippen LogP contribution in [-0.4, -0.2) is 32.9 Å². The van der Waals surface area contributed by atoms with Gasteiger partial charge in [-0.05, 0) is 24.3 Å². The minimum absolute atomic E-state index is 0.297. The molecule has 0 aliphatic heterocycles. The first-order valence-electron chi connectivity index (χ1n) is 5.94. The Morgan fingerprint density at radius 2 is 2.00 bits per heavy atom. The standard InChI is InChI=1S/C14H20O3S2/c1-5-13(17-19(4,15)16)14(18(2)3)11-12-9-7-6-8-10-12/h6-11,13H,2,5H2,1,3-4H3/b14-11+/t13-,18?/m0/s1. The molecule has 2 atom stereocenters. The summed E-state index contributed by atoms with van der Waals surface area (Å²) in [7, 11) is -3.77. The van der Waals surface area contributed by atoms with E-state index in [1.807, 2.05) is 49.6 Å². The van der Waals surface area contributed by atoms with E-state index in [1.165, 1.54) is 0 Å². The van der Waals surface area contributed by atoms with Crippen LogP contribution < -0.4 is 0 Å². The van der Waals surface area contributed by atoms with Crippen molar-refractivity contribution >= 4 is 32.5 Å². The van der Waals surface area contributed by atoms with Gasteiger partial charge in [0.1, 0.15) is 6.10 Å². The monoisotopic (exact) mass is 300 g/mol. The fourth-order valence-electron chi connectivity index (χ4n) is 1.66. The molecular weight excluding hydrogens is 280 g/mol. The van der Waals surface area contributed by atoms with Crippen LogP contribution in [0.3, 0.4) is 0 Å². The molecule has 0 spiro atoms. The molecule has 0 heterocycles. The topological polar surface area (TPSA) is 43.4 Å². The second-order valence-corrected chi connectivity index (χ2v) is 7.64. The van der Waals surface area contributed by atoms with Crippen molar-refractivity contribution < 1.29 is 12.6 Å². The molecule has 1 unspecified atom stereocenters. The number of benzene rings is 1. The lowest BCUT2D eigenvalue weighted by atomic mass is 10.1. The first-order chi connectivity index (χ1) is 8.83. The van der Waals surface area contributed by atoms with Gasteiger partial charge in [0.15, 0.2) is 0 Å². The maximum absolute atomic E-state index is 11.3. The van der Waals surface area contributed by atoms with Gasteiger partial charge in [-0.25, -0.2) is 0 Å². The minimum atomic E-state index is -3.47. The van der Waals surface area contributed by atoms with Gasteiger partial charge < -0.3 is 0 Å². The predicted molar refractivity (Wildman–Crippen MR) is 85.1 cm³/mol. The maximum atomic E-state index is 11.3. The molecule has 0 amide bonds.